The summed E-state index contributed by atoms with van der Waals surface area (Å²) in [6, 6.07) is 10.6. The molecule has 2 aromatic carbocycles. The van der Waals surface area contributed by atoms with E-state index < -0.39 is 0 Å². The van der Waals surface area contributed by atoms with Crippen molar-refractivity contribution in [3.63, 3.8) is 0 Å². The number of aliphatic imine (C=N–C) groups is 1. The summed E-state index contributed by atoms with van der Waals surface area (Å²) in [7, 11) is 0. The number of benzene rings is 2. The van der Waals surface area contributed by atoms with Crippen molar-refractivity contribution in [1.29, 1.82) is 0 Å². The fraction of sp³-hybridized carbons (Fsp3) is 0. The highest BCUT2D eigenvalue weighted by atomic mass is 14.7. The first kappa shape index (κ1) is 7.23. The van der Waals surface area contributed by atoms with E-state index in [1.807, 2.05) is 12.4 Å². The molecule has 0 unspecified atom stereocenters. The minimum absolute atomic E-state index is 1.09. The Labute approximate surface area is 86.3 Å². The van der Waals surface area contributed by atoms with Crippen LogP contribution in [-0.4, -0.2) is 11.2 Å². The van der Waals surface area contributed by atoms with Gasteiger partial charge in [0.25, 0.3) is 0 Å². The molecule has 0 saturated heterocycles. The van der Waals surface area contributed by atoms with Gasteiger partial charge in [0.1, 0.15) is 0 Å². The molecule has 0 radical (unpaired) electrons. The largest absolute Gasteiger partial charge is 0.361 e. The molecule has 3 aromatic rings. The van der Waals surface area contributed by atoms with Crippen LogP contribution >= 0.6 is 0 Å². The second-order valence-electron chi connectivity index (χ2n) is 3.86. The van der Waals surface area contributed by atoms with Crippen LogP contribution < -0.4 is 0 Å². The fourth-order valence-electron chi connectivity index (χ4n) is 2.38. The van der Waals surface area contributed by atoms with Crippen molar-refractivity contribution in [2.24, 2.45) is 4.99 Å². The molecule has 0 spiro atoms. The first-order chi connectivity index (χ1) is 7.43. The summed E-state index contributed by atoms with van der Waals surface area (Å²) in [5.74, 6) is 0. The third kappa shape index (κ3) is 0.773. The zero-order valence-corrected chi connectivity index (χ0v) is 7.99. The van der Waals surface area contributed by atoms with Crippen LogP contribution in [0.15, 0.2) is 41.5 Å². The van der Waals surface area contributed by atoms with Crippen LogP contribution in [-0.2, 0) is 0 Å². The van der Waals surface area contributed by atoms with Crippen molar-refractivity contribution in [1.82, 2.24) is 4.98 Å². The maximum absolute atomic E-state index is 4.41. The zero-order valence-electron chi connectivity index (χ0n) is 7.99. The Hall–Kier alpha value is -2.09. The Bertz CT molecular complexity index is 720. The maximum Gasteiger partial charge on any atom is 0.0715 e. The number of aromatic amines is 1. The lowest BCUT2D eigenvalue weighted by atomic mass is 10.0. The number of aromatic nitrogens is 1. The van der Waals surface area contributed by atoms with Gasteiger partial charge in [-0.15, -0.1) is 0 Å². The Morgan fingerprint density at radius 3 is 3.07 bits per heavy atom. The van der Waals surface area contributed by atoms with Crippen molar-refractivity contribution >= 4 is 33.6 Å². The van der Waals surface area contributed by atoms with Crippen molar-refractivity contribution in [3.8, 4) is 0 Å². The number of nitrogens with zero attached hydrogens (tertiary/aromatic N) is 1. The van der Waals surface area contributed by atoms with E-state index in [1.54, 1.807) is 0 Å². The molecule has 2 heteroatoms. The number of hydrogen-bond donors (Lipinski definition) is 1. The number of hydrogen-bond acceptors (Lipinski definition) is 1. The number of H-pyrrole nitrogens is 1. The van der Waals surface area contributed by atoms with E-state index in [-0.39, 0.29) is 0 Å². The Balaban J connectivity index is 2.43. The molecule has 0 atom stereocenters. The molecule has 1 aliphatic rings. The van der Waals surface area contributed by atoms with Crippen molar-refractivity contribution in [2.75, 3.05) is 0 Å². The Kier molecular flexibility index (Phi) is 1.10. The van der Waals surface area contributed by atoms with Gasteiger partial charge in [-0.05, 0) is 23.6 Å². The smallest absolute Gasteiger partial charge is 0.0715 e. The number of fused-ring (bicyclic) bond motifs is 2. The quantitative estimate of drug-likeness (QED) is 0.442. The molecule has 1 N–H and O–H groups in total. The van der Waals surface area contributed by atoms with Gasteiger partial charge in [-0.1, -0.05) is 12.1 Å². The summed E-state index contributed by atoms with van der Waals surface area (Å²) in [5.41, 5.74) is 3.49. The molecular formula is C13H8N2. The summed E-state index contributed by atoms with van der Waals surface area (Å²) in [5, 5.41) is 3.85. The maximum atomic E-state index is 4.41. The molecule has 1 aliphatic heterocycles. The van der Waals surface area contributed by atoms with Gasteiger partial charge in [-0.2, -0.15) is 0 Å². The first-order valence-electron chi connectivity index (χ1n) is 5.00. The second kappa shape index (κ2) is 2.28. The fourth-order valence-corrected chi connectivity index (χ4v) is 2.38. The van der Waals surface area contributed by atoms with E-state index in [0.29, 0.717) is 0 Å². The molecule has 2 nitrogen and oxygen atoms in total. The Morgan fingerprint density at radius 1 is 1.07 bits per heavy atom. The molecule has 4 rings (SSSR count). The van der Waals surface area contributed by atoms with Gasteiger partial charge in [0, 0.05) is 34.3 Å². The predicted octanol–water partition coefficient (Wildman–Crippen LogP) is 3.39. The van der Waals surface area contributed by atoms with E-state index in [2.05, 4.69) is 40.3 Å². The highest BCUT2D eigenvalue weighted by molar-refractivity contribution is 6.20. The molecular weight excluding hydrogens is 184 g/mol. The van der Waals surface area contributed by atoms with Crippen molar-refractivity contribution < 1.29 is 0 Å². The molecule has 2 heterocycles. The summed E-state index contributed by atoms with van der Waals surface area (Å²) in [6.07, 6.45) is 3.93. The SMILES string of the molecule is C1=Nc2cccc3c2c1cc1[nH]ccc13. The lowest BCUT2D eigenvalue weighted by Gasteiger charge is -2.01. The predicted molar refractivity (Wildman–Crippen MR) is 63.1 cm³/mol. The van der Waals surface area contributed by atoms with Gasteiger partial charge in [0.2, 0.25) is 0 Å². The van der Waals surface area contributed by atoms with Crippen molar-refractivity contribution in [3.05, 3.63) is 42.1 Å². The molecule has 0 fully saturated rings. The van der Waals surface area contributed by atoms with Gasteiger partial charge in [-0.25, -0.2) is 0 Å². The molecule has 15 heavy (non-hydrogen) atoms. The zero-order chi connectivity index (χ0) is 9.83. The van der Waals surface area contributed by atoms with E-state index in [1.165, 1.54) is 27.2 Å². The highest BCUT2D eigenvalue weighted by Crippen LogP contribution is 2.36. The molecule has 0 aliphatic carbocycles. The first-order valence-corrected chi connectivity index (χ1v) is 5.00. The standard InChI is InChI=1S/C13H8N2/c1-2-10-9-4-5-14-12(9)6-8-7-15-11(3-1)13(8)10/h1-7,14H. The van der Waals surface area contributed by atoms with Crippen LogP contribution in [0.1, 0.15) is 5.56 Å². The Morgan fingerprint density at radius 2 is 2.07 bits per heavy atom. The lowest BCUT2D eigenvalue weighted by Crippen LogP contribution is -1.80. The molecule has 0 bridgehead atoms. The van der Waals surface area contributed by atoms with Gasteiger partial charge in [-0.3, -0.25) is 4.99 Å². The van der Waals surface area contributed by atoms with Gasteiger partial charge >= 0.3 is 0 Å². The summed E-state index contributed by atoms with van der Waals surface area (Å²) in [6.45, 7) is 0. The minimum atomic E-state index is 1.09. The topological polar surface area (TPSA) is 28.1 Å². The summed E-state index contributed by atoms with van der Waals surface area (Å²) < 4.78 is 0. The average molecular weight is 192 g/mol. The van der Waals surface area contributed by atoms with E-state index in [0.717, 1.165) is 5.69 Å². The number of rotatable bonds is 0. The van der Waals surface area contributed by atoms with E-state index in [4.69, 9.17) is 0 Å². The normalized spacial score (nSPS) is 13.1. The monoisotopic (exact) mass is 192 g/mol. The molecule has 1 aromatic heterocycles. The third-order valence-electron chi connectivity index (χ3n) is 3.04. The summed E-state index contributed by atoms with van der Waals surface area (Å²) >= 11 is 0. The van der Waals surface area contributed by atoms with Gasteiger partial charge < -0.3 is 4.98 Å². The summed E-state index contributed by atoms with van der Waals surface area (Å²) in [4.78, 5) is 7.66. The third-order valence-corrected chi connectivity index (χ3v) is 3.04. The highest BCUT2D eigenvalue weighted by Gasteiger charge is 2.12. The van der Waals surface area contributed by atoms with Crippen LogP contribution in [0, 0.1) is 0 Å². The molecule has 70 valence electrons. The molecule has 0 amide bonds. The minimum Gasteiger partial charge on any atom is -0.361 e. The number of nitrogens with one attached hydrogen (secondary N) is 1. The lowest BCUT2D eigenvalue weighted by molar-refractivity contribution is 1.48. The van der Waals surface area contributed by atoms with Gasteiger partial charge in [0.05, 0.1) is 5.69 Å². The van der Waals surface area contributed by atoms with Crippen LogP contribution in [0.5, 0.6) is 0 Å². The van der Waals surface area contributed by atoms with Crippen LogP contribution in [0.4, 0.5) is 5.69 Å². The van der Waals surface area contributed by atoms with Crippen LogP contribution in [0.2, 0.25) is 0 Å². The van der Waals surface area contributed by atoms with Crippen LogP contribution in [0.3, 0.4) is 0 Å². The average Bonchev–Trinajstić information content (AvgIpc) is 2.87. The van der Waals surface area contributed by atoms with Gasteiger partial charge in [0.15, 0.2) is 0 Å². The van der Waals surface area contributed by atoms with Crippen LogP contribution in [0.25, 0.3) is 21.7 Å². The van der Waals surface area contributed by atoms with Crippen molar-refractivity contribution in [2.45, 2.75) is 0 Å². The second-order valence-corrected chi connectivity index (χ2v) is 3.86. The van der Waals surface area contributed by atoms with E-state index >= 15 is 0 Å². The molecule has 0 saturated carbocycles. The van der Waals surface area contributed by atoms with E-state index in [9.17, 15) is 0 Å².